The van der Waals surface area contributed by atoms with Crippen LogP contribution in [0.1, 0.15) is 57.8 Å². The van der Waals surface area contributed by atoms with E-state index >= 15 is 0 Å². The fourth-order valence-electron chi connectivity index (χ4n) is 3.61. The van der Waals surface area contributed by atoms with Crippen molar-refractivity contribution >= 4 is 11.8 Å². The monoisotopic (exact) mass is 295 g/mol. The molecule has 1 saturated heterocycles. The summed E-state index contributed by atoms with van der Waals surface area (Å²) in [5.74, 6) is -0.130. The molecule has 0 bridgehead atoms. The molecule has 1 aliphatic heterocycles. The van der Waals surface area contributed by atoms with Gasteiger partial charge in [-0.1, -0.05) is 32.1 Å². The van der Waals surface area contributed by atoms with Crippen LogP contribution in [0.4, 0.5) is 0 Å². The fraction of sp³-hybridized carbons (Fsp3) is 0.875. The Morgan fingerprint density at radius 2 is 1.52 bits per heavy atom. The molecule has 120 valence electrons. The quantitative estimate of drug-likeness (QED) is 0.823. The molecule has 0 unspecified atom stereocenters. The minimum atomic E-state index is -0.396. The normalized spacial score (nSPS) is 22.3. The zero-order valence-electron chi connectivity index (χ0n) is 13.0. The maximum absolute atomic E-state index is 12.9. The molecule has 1 saturated carbocycles. The minimum Gasteiger partial charge on any atom is -0.368 e. The molecule has 1 aliphatic carbocycles. The molecule has 1 heterocycles. The zero-order chi connectivity index (χ0) is 15.1. The van der Waals surface area contributed by atoms with Crippen LogP contribution < -0.4 is 11.1 Å². The molecule has 5 heteroatoms. The van der Waals surface area contributed by atoms with Crippen molar-refractivity contribution in [2.45, 2.75) is 63.8 Å². The first-order valence-electron chi connectivity index (χ1n) is 8.48. The molecule has 0 aromatic rings. The Balaban J connectivity index is 2.02. The average Bonchev–Trinajstić information content (AvgIpc) is 2.44. The number of carbonyl (C=O) groups is 2. The van der Waals surface area contributed by atoms with Crippen LogP contribution in [0, 0.1) is 5.92 Å². The van der Waals surface area contributed by atoms with Crippen molar-refractivity contribution in [3.8, 4) is 0 Å². The van der Waals surface area contributed by atoms with E-state index in [1.807, 2.05) is 0 Å². The predicted molar refractivity (Wildman–Crippen MR) is 82.6 cm³/mol. The number of primary amides is 1. The van der Waals surface area contributed by atoms with Gasteiger partial charge in [0.1, 0.15) is 0 Å². The number of rotatable bonds is 4. The first-order valence-corrected chi connectivity index (χ1v) is 8.48. The van der Waals surface area contributed by atoms with Gasteiger partial charge in [-0.2, -0.15) is 0 Å². The molecule has 2 aliphatic rings. The molecule has 0 spiro atoms. The van der Waals surface area contributed by atoms with Crippen LogP contribution >= 0.6 is 0 Å². The maximum Gasteiger partial charge on any atom is 0.237 e. The van der Waals surface area contributed by atoms with E-state index in [4.69, 9.17) is 5.73 Å². The van der Waals surface area contributed by atoms with E-state index in [1.165, 1.54) is 19.3 Å². The number of amides is 2. The third-order valence-electron chi connectivity index (χ3n) is 4.81. The summed E-state index contributed by atoms with van der Waals surface area (Å²) in [5.41, 5.74) is 5.37. The highest BCUT2D eigenvalue weighted by Crippen LogP contribution is 2.26. The van der Waals surface area contributed by atoms with Crippen molar-refractivity contribution < 1.29 is 9.59 Å². The summed E-state index contributed by atoms with van der Waals surface area (Å²) in [6.45, 7) is 1.91. The van der Waals surface area contributed by atoms with E-state index in [0.717, 1.165) is 51.6 Å². The Hall–Kier alpha value is -1.10. The van der Waals surface area contributed by atoms with Crippen LogP contribution in [0.25, 0.3) is 0 Å². The Bertz CT molecular complexity index is 345. The SMILES string of the molecule is NC(=O)CN(C(=O)C1CCCCCCC1)C1CCNCC1. The fourth-order valence-corrected chi connectivity index (χ4v) is 3.61. The Morgan fingerprint density at radius 3 is 2.10 bits per heavy atom. The summed E-state index contributed by atoms with van der Waals surface area (Å²) in [7, 11) is 0. The van der Waals surface area contributed by atoms with E-state index < -0.39 is 5.91 Å². The summed E-state index contributed by atoms with van der Waals surface area (Å²) in [5, 5.41) is 3.31. The van der Waals surface area contributed by atoms with Crippen LogP contribution in [0.5, 0.6) is 0 Å². The molecule has 0 aromatic heterocycles. The van der Waals surface area contributed by atoms with Crippen molar-refractivity contribution in [1.82, 2.24) is 10.2 Å². The lowest BCUT2D eigenvalue weighted by Crippen LogP contribution is -2.51. The van der Waals surface area contributed by atoms with E-state index in [1.54, 1.807) is 4.90 Å². The summed E-state index contributed by atoms with van der Waals surface area (Å²) in [6, 6.07) is 0.177. The van der Waals surface area contributed by atoms with Crippen LogP contribution in [0.2, 0.25) is 0 Å². The van der Waals surface area contributed by atoms with Crippen molar-refractivity contribution in [3.63, 3.8) is 0 Å². The first-order chi connectivity index (χ1) is 10.2. The van der Waals surface area contributed by atoms with Crippen LogP contribution in [-0.2, 0) is 9.59 Å². The molecule has 5 nitrogen and oxygen atoms in total. The van der Waals surface area contributed by atoms with Gasteiger partial charge in [0, 0.05) is 12.0 Å². The van der Waals surface area contributed by atoms with Gasteiger partial charge in [-0.3, -0.25) is 9.59 Å². The molecule has 3 N–H and O–H groups in total. The molecule has 2 amide bonds. The third-order valence-corrected chi connectivity index (χ3v) is 4.81. The third kappa shape index (κ3) is 4.99. The van der Waals surface area contributed by atoms with Crippen molar-refractivity contribution in [2.24, 2.45) is 11.7 Å². The number of hydrogen-bond donors (Lipinski definition) is 2. The smallest absolute Gasteiger partial charge is 0.237 e. The molecule has 21 heavy (non-hydrogen) atoms. The van der Waals surface area contributed by atoms with E-state index in [9.17, 15) is 9.59 Å². The number of carbonyl (C=O) groups excluding carboxylic acids is 2. The Morgan fingerprint density at radius 1 is 0.952 bits per heavy atom. The maximum atomic E-state index is 12.9. The average molecular weight is 295 g/mol. The highest BCUT2D eigenvalue weighted by atomic mass is 16.2. The Labute approximate surface area is 127 Å². The topological polar surface area (TPSA) is 75.4 Å². The van der Waals surface area contributed by atoms with Gasteiger partial charge >= 0.3 is 0 Å². The highest BCUT2D eigenvalue weighted by molar-refractivity contribution is 5.85. The van der Waals surface area contributed by atoms with E-state index in [2.05, 4.69) is 5.32 Å². The predicted octanol–water partition coefficient (Wildman–Crippen LogP) is 1.41. The molecule has 0 radical (unpaired) electrons. The van der Waals surface area contributed by atoms with Gasteiger partial charge in [0.15, 0.2) is 0 Å². The number of hydrogen-bond acceptors (Lipinski definition) is 3. The van der Waals surface area contributed by atoms with Crippen molar-refractivity contribution in [2.75, 3.05) is 19.6 Å². The summed E-state index contributed by atoms with van der Waals surface area (Å²) < 4.78 is 0. The second-order valence-electron chi connectivity index (χ2n) is 6.46. The first kappa shape index (κ1) is 16.3. The van der Waals surface area contributed by atoms with E-state index in [0.29, 0.717) is 0 Å². The minimum absolute atomic E-state index is 0.0833. The second-order valence-corrected chi connectivity index (χ2v) is 6.46. The lowest BCUT2D eigenvalue weighted by molar-refractivity contribution is -0.142. The van der Waals surface area contributed by atoms with Crippen LogP contribution in [0.15, 0.2) is 0 Å². The van der Waals surface area contributed by atoms with Gasteiger partial charge in [-0.05, 0) is 38.8 Å². The van der Waals surface area contributed by atoms with Gasteiger partial charge in [0.25, 0.3) is 0 Å². The van der Waals surface area contributed by atoms with Gasteiger partial charge in [0.2, 0.25) is 11.8 Å². The highest BCUT2D eigenvalue weighted by Gasteiger charge is 2.31. The lowest BCUT2D eigenvalue weighted by Gasteiger charge is -2.36. The number of nitrogens with two attached hydrogens (primary N) is 1. The summed E-state index contributed by atoms with van der Waals surface area (Å²) in [6.07, 6.45) is 9.80. The molecular formula is C16H29N3O2. The van der Waals surface area contributed by atoms with Crippen LogP contribution in [-0.4, -0.2) is 42.4 Å². The van der Waals surface area contributed by atoms with Gasteiger partial charge in [0.05, 0.1) is 6.54 Å². The second kappa shape index (κ2) is 8.37. The standard InChI is InChI=1S/C16H29N3O2/c17-15(20)12-19(14-8-10-18-11-9-14)16(21)13-6-4-2-1-3-5-7-13/h13-14,18H,1-12H2,(H2,17,20). The molecule has 2 fully saturated rings. The lowest BCUT2D eigenvalue weighted by atomic mass is 9.89. The molecule has 0 atom stereocenters. The van der Waals surface area contributed by atoms with Crippen molar-refractivity contribution in [3.05, 3.63) is 0 Å². The van der Waals surface area contributed by atoms with E-state index in [-0.39, 0.29) is 24.4 Å². The molecule has 2 rings (SSSR count). The van der Waals surface area contributed by atoms with Crippen molar-refractivity contribution in [1.29, 1.82) is 0 Å². The van der Waals surface area contributed by atoms with Crippen LogP contribution in [0.3, 0.4) is 0 Å². The summed E-state index contributed by atoms with van der Waals surface area (Å²) >= 11 is 0. The van der Waals surface area contributed by atoms with Gasteiger partial charge < -0.3 is 16.0 Å². The zero-order valence-corrected chi connectivity index (χ0v) is 13.0. The van der Waals surface area contributed by atoms with Gasteiger partial charge in [-0.25, -0.2) is 0 Å². The largest absolute Gasteiger partial charge is 0.368 e. The molecular weight excluding hydrogens is 266 g/mol. The summed E-state index contributed by atoms with van der Waals surface area (Å²) in [4.78, 5) is 26.1. The Kier molecular flexibility index (Phi) is 6.49. The number of nitrogens with one attached hydrogen (secondary N) is 1. The number of piperidine rings is 1. The molecule has 0 aromatic carbocycles. The van der Waals surface area contributed by atoms with Gasteiger partial charge in [-0.15, -0.1) is 0 Å². The number of nitrogens with zero attached hydrogens (tertiary/aromatic N) is 1.